The smallest absolute Gasteiger partial charge is 0.250 e. The molecule has 0 bridgehead atoms. The molecule has 4 rings (SSSR count). The van der Waals surface area contributed by atoms with Crippen LogP contribution in [-0.4, -0.2) is 45.7 Å². The SMILES string of the molecule is C[C@@H](CC(=O)N1C(=O)[C@H](Cc2ccnc(N)c2)[C@H]1C(=O)N(C)c1ccncc1)C1CC1. The van der Waals surface area contributed by atoms with E-state index in [1.165, 1.54) is 9.80 Å². The first kappa shape index (κ1) is 21.0. The number of aromatic nitrogens is 2. The zero-order chi connectivity index (χ0) is 22.1. The first-order valence-corrected chi connectivity index (χ1v) is 10.6. The molecule has 2 aromatic heterocycles. The van der Waals surface area contributed by atoms with Crippen molar-refractivity contribution in [3.63, 3.8) is 0 Å². The van der Waals surface area contributed by atoms with E-state index < -0.39 is 12.0 Å². The molecule has 8 heteroatoms. The van der Waals surface area contributed by atoms with Gasteiger partial charge in [0.2, 0.25) is 11.8 Å². The zero-order valence-corrected chi connectivity index (χ0v) is 17.8. The topological polar surface area (TPSA) is 109 Å². The van der Waals surface area contributed by atoms with Crippen molar-refractivity contribution >= 4 is 29.2 Å². The lowest BCUT2D eigenvalue weighted by Gasteiger charge is -2.46. The molecule has 1 saturated carbocycles. The van der Waals surface area contributed by atoms with Crippen LogP contribution in [0.5, 0.6) is 0 Å². The average molecular weight is 422 g/mol. The van der Waals surface area contributed by atoms with Crippen molar-refractivity contribution in [1.82, 2.24) is 14.9 Å². The standard InChI is InChI=1S/C23H27N5O3/c1-14(16-3-4-16)11-20(29)28-21(23(31)27(2)17-6-8-25-9-7-17)18(22(28)30)12-15-5-10-26-19(24)13-15/h5-10,13-14,16,18,21H,3-4,11-12H2,1-2H3,(H2,24,26)/t14-,18+,21-/m0/s1. The summed E-state index contributed by atoms with van der Waals surface area (Å²) in [7, 11) is 1.65. The number of likely N-dealkylation sites (N-methyl/N-ethyl adjacent to an activating group) is 1. The number of β-lactam (4-membered cyclic amide) rings is 1. The van der Waals surface area contributed by atoms with Crippen molar-refractivity contribution in [3.05, 3.63) is 48.4 Å². The molecule has 1 aliphatic carbocycles. The van der Waals surface area contributed by atoms with Crippen LogP contribution in [0, 0.1) is 17.8 Å². The number of carbonyl (C=O) groups excluding carboxylic acids is 3. The Labute approximate surface area is 181 Å². The summed E-state index contributed by atoms with van der Waals surface area (Å²) in [5.74, 6) is -0.352. The van der Waals surface area contributed by atoms with E-state index in [0.29, 0.717) is 23.8 Å². The van der Waals surface area contributed by atoms with Gasteiger partial charge in [0.1, 0.15) is 11.9 Å². The first-order valence-electron chi connectivity index (χ1n) is 10.6. The minimum absolute atomic E-state index is 0.216. The van der Waals surface area contributed by atoms with E-state index >= 15 is 0 Å². The molecule has 0 spiro atoms. The minimum atomic E-state index is -0.834. The van der Waals surface area contributed by atoms with E-state index in [1.54, 1.807) is 49.9 Å². The number of amides is 3. The van der Waals surface area contributed by atoms with Gasteiger partial charge in [-0.15, -0.1) is 0 Å². The zero-order valence-electron chi connectivity index (χ0n) is 17.8. The monoisotopic (exact) mass is 421 g/mol. The van der Waals surface area contributed by atoms with Crippen molar-refractivity contribution < 1.29 is 14.4 Å². The molecule has 3 heterocycles. The van der Waals surface area contributed by atoms with Crippen LogP contribution in [0.1, 0.15) is 31.7 Å². The van der Waals surface area contributed by atoms with E-state index in [4.69, 9.17) is 5.73 Å². The molecule has 2 aliphatic rings. The van der Waals surface area contributed by atoms with Gasteiger partial charge in [0.05, 0.1) is 5.92 Å². The molecule has 3 atom stereocenters. The molecule has 31 heavy (non-hydrogen) atoms. The molecule has 2 N–H and O–H groups in total. The third-order valence-electron chi connectivity index (χ3n) is 6.34. The maximum absolute atomic E-state index is 13.4. The Hall–Kier alpha value is -3.29. The van der Waals surface area contributed by atoms with E-state index in [-0.39, 0.29) is 30.1 Å². The largest absolute Gasteiger partial charge is 0.384 e. The lowest BCUT2D eigenvalue weighted by molar-refractivity contribution is -0.170. The van der Waals surface area contributed by atoms with Crippen molar-refractivity contribution in [2.75, 3.05) is 17.7 Å². The number of hydrogen-bond acceptors (Lipinski definition) is 6. The summed E-state index contributed by atoms with van der Waals surface area (Å²) in [6.45, 7) is 2.04. The van der Waals surface area contributed by atoms with Crippen LogP contribution < -0.4 is 10.6 Å². The molecular formula is C23H27N5O3. The van der Waals surface area contributed by atoms with Crippen molar-refractivity contribution in [2.24, 2.45) is 17.8 Å². The van der Waals surface area contributed by atoms with Crippen LogP contribution in [0.25, 0.3) is 0 Å². The van der Waals surface area contributed by atoms with E-state index in [9.17, 15) is 14.4 Å². The van der Waals surface area contributed by atoms with Gasteiger partial charge in [-0.2, -0.15) is 0 Å². The lowest BCUT2D eigenvalue weighted by atomic mass is 9.80. The molecule has 1 aliphatic heterocycles. The second-order valence-electron chi connectivity index (χ2n) is 8.57. The van der Waals surface area contributed by atoms with Gasteiger partial charge in [-0.3, -0.25) is 24.3 Å². The Kier molecular flexibility index (Phi) is 5.71. The molecule has 2 fully saturated rings. The normalized spacial score (nSPS) is 21.4. The van der Waals surface area contributed by atoms with Gasteiger partial charge in [0.15, 0.2) is 0 Å². The highest BCUT2D eigenvalue weighted by molar-refractivity contribution is 6.12. The molecule has 3 amide bonds. The summed E-state index contributed by atoms with van der Waals surface area (Å²) in [4.78, 5) is 50.0. The van der Waals surface area contributed by atoms with Crippen LogP contribution >= 0.6 is 0 Å². The molecule has 2 aromatic rings. The quantitative estimate of drug-likeness (QED) is 0.686. The summed E-state index contributed by atoms with van der Waals surface area (Å²) in [6, 6.07) is 6.08. The average Bonchev–Trinajstić information content (AvgIpc) is 3.60. The summed E-state index contributed by atoms with van der Waals surface area (Å²) in [5.41, 5.74) is 7.24. The number of pyridine rings is 2. The fraction of sp³-hybridized carbons (Fsp3) is 0.435. The summed E-state index contributed by atoms with van der Waals surface area (Å²) >= 11 is 0. The van der Waals surface area contributed by atoms with Crippen LogP contribution in [0.4, 0.5) is 11.5 Å². The highest BCUT2D eigenvalue weighted by atomic mass is 16.2. The summed E-state index contributed by atoms with van der Waals surface area (Å²) < 4.78 is 0. The number of nitrogens with zero attached hydrogens (tertiary/aromatic N) is 4. The van der Waals surface area contributed by atoms with E-state index in [2.05, 4.69) is 9.97 Å². The molecule has 0 aromatic carbocycles. The van der Waals surface area contributed by atoms with Crippen LogP contribution in [-0.2, 0) is 20.8 Å². The number of rotatable bonds is 7. The van der Waals surface area contributed by atoms with Crippen molar-refractivity contribution in [1.29, 1.82) is 0 Å². The molecule has 8 nitrogen and oxygen atoms in total. The number of likely N-dealkylation sites (tertiary alicyclic amines) is 1. The Bertz CT molecular complexity index is 992. The first-order chi connectivity index (χ1) is 14.9. The number of nitrogens with two attached hydrogens (primary N) is 1. The fourth-order valence-corrected chi connectivity index (χ4v) is 4.28. The van der Waals surface area contributed by atoms with E-state index in [1.807, 2.05) is 6.92 Å². The second kappa shape index (κ2) is 8.45. The molecular weight excluding hydrogens is 394 g/mol. The Morgan fingerprint density at radius 1 is 1.23 bits per heavy atom. The van der Waals surface area contributed by atoms with Crippen LogP contribution in [0.2, 0.25) is 0 Å². The van der Waals surface area contributed by atoms with Gasteiger partial charge in [-0.1, -0.05) is 6.92 Å². The Morgan fingerprint density at radius 3 is 2.58 bits per heavy atom. The third kappa shape index (κ3) is 4.28. The van der Waals surface area contributed by atoms with Crippen LogP contribution in [0.3, 0.4) is 0 Å². The molecule has 1 saturated heterocycles. The number of nitrogen functional groups attached to an aromatic ring is 1. The van der Waals surface area contributed by atoms with E-state index in [0.717, 1.165) is 18.4 Å². The number of carbonyl (C=O) groups is 3. The Balaban J connectivity index is 1.57. The maximum Gasteiger partial charge on any atom is 0.250 e. The predicted octanol–water partition coefficient (Wildman–Crippen LogP) is 2.05. The number of imide groups is 1. The van der Waals surface area contributed by atoms with Gasteiger partial charge in [0.25, 0.3) is 5.91 Å². The summed E-state index contributed by atoms with van der Waals surface area (Å²) in [6.07, 6.45) is 7.64. The fourth-order valence-electron chi connectivity index (χ4n) is 4.28. The number of anilines is 2. The molecule has 0 radical (unpaired) electrons. The third-order valence-corrected chi connectivity index (χ3v) is 6.34. The van der Waals surface area contributed by atoms with Gasteiger partial charge in [-0.05, 0) is 60.9 Å². The highest BCUT2D eigenvalue weighted by Gasteiger charge is 2.55. The van der Waals surface area contributed by atoms with Crippen molar-refractivity contribution in [3.8, 4) is 0 Å². The van der Waals surface area contributed by atoms with Gasteiger partial charge in [-0.25, -0.2) is 4.98 Å². The van der Waals surface area contributed by atoms with Crippen molar-refractivity contribution in [2.45, 2.75) is 38.6 Å². The van der Waals surface area contributed by atoms with Crippen LogP contribution in [0.15, 0.2) is 42.9 Å². The number of hydrogen-bond donors (Lipinski definition) is 1. The highest BCUT2D eigenvalue weighted by Crippen LogP contribution is 2.40. The Morgan fingerprint density at radius 2 is 1.94 bits per heavy atom. The second-order valence-corrected chi connectivity index (χ2v) is 8.57. The predicted molar refractivity (Wildman–Crippen MR) is 116 cm³/mol. The molecule has 0 unspecified atom stereocenters. The van der Waals surface area contributed by atoms with Gasteiger partial charge in [0, 0.05) is 37.7 Å². The lowest BCUT2D eigenvalue weighted by Crippen LogP contribution is -2.69. The molecule has 162 valence electrons. The summed E-state index contributed by atoms with van der Waals surface area (Å²) in [5, 5.41) is 0. The minimum Gasteiger partial charge on any atom is -0.384 e. The van der Waals surface area contributed by atoms with Gasteiger partial charge < -0.3 is 10.6 Å². The maximum atomic E-state index is 13.4. The van der Waals surface area contributed by atoms with Gasteiger partial charge >= 0.3 is 0 Å².